The molecule has 0 bridgehead atoms. The van der Waals surface area contributed by atoms with Crippen LogP contribution in [0.1, 0.15) is 49.9 Å². The Morgan fingerprint density at radius 1 is 1.57 bits per heavy atom. The van der Waals surface area contributed by atoms with Crippen LogP contribution in [0.25, 0.3) is 0 Å². The van der Waals surface area contributed by atoms with Crippen molar-refractivity contribution >= 4 is 17.4 Å². The van der Waals surface area contributed by atoms with Gasteiger partial charge in [-0.05, 0) is 31.6 Å². The van der Waals surface area contributed by atoms with Crippen LogP contribution in [-0.4, -0.2) is 28.8 Å². The zero-order valence-electron chi connectivity index (χ0n) is 12.9. The number of nitrogens with zero attached hydrogens (tertiary/aromatic N) is 1. The first-order valence-electron chi connectivity index (χ1n) is 7.65. The van der Waals surface area contributed by atoms with E-state index in [-0.39, 0.29) is 24.5 Å². The van der Waals surface area contributed by atoms with Gasteiger partial charge in [0.2, 0.25) is 0 Å². The molecule has 1 aromatic heterocycles. The summed E-state index contributed by atoms with van der Waals surface area (Å²) in [6.45, 7) is 6.26. The van der Waals surface area contributed by atoms with E-state index < -0.39 is 6.10 Å². The molecule has 6 heteroatoms. The van der Waals surface area contributed by atoms with Crippen LogP contribution >= 0.6 is 11.3 Å². The molecule has 0 spiro atoms. The molecule has 5 nitrogen and oxygen atoms in total. The van der Waals surface area contributed by atoms with Gasteiger partial charge in [-0.25, -0.2) is 9.78 Å². The number of urea groups is 1. The summed E-state index contributed by atoms with van der Waals surface area (Å²) in [6.07, 6.45) is 2.67. The van der Waals surface area contributed by atoms with E-state index in [0.717, 1.165) is 30.0 Å². The van der Waals surface area contributed by atoms with Crippen molar-refractivity contribution in [2.75, 3.05) is 6.54 Å². The molecule has 21 heavy (non-hydrogen) atoms. The predicted molar refractivity (Wildman–Crippen MR) is 84.3 cm³/mol. The SMILES string of the molecule is CCC(C)C(O)CNC(=O)NC(c1nc(C)cs1)C1CC1. The van der Waals surface area contributed by atoms with Gasteiger partial charge in [-0.2, -0.15) is 0 Å². The van der Waals surface area contributed by atoms with Gasteiger partial charge in [-0.15, -0.1) is 11.3 Å². The fraction of sp³-hybridized carbons (Fsp3) is 0.733. The standard InChI is InChI=1S/C15H25N3O2S/c1-4-9(2)12(19)7-16-15(20)18-13(11-5-6-11)14-17-10(3)8-21-14/h8-9,11-13,19H,4-7H2,1-3H3,(H2,16,18,20). The number of thiazole rings is 1. The summed E-state index contributed by atoms with van der Waals surface area (Å²) >= 11 is 1.60. The summed E-state index contributed by atoms with van der Waals surface area (Å²) in [7, 11) is 0. The molecule has 1 aliphatic rings. The lowest BCUT2D eigenvalue weighted by Crippen LogP contribution is -2.43. The van der Waals surface area contributed by atoms with E-state index in [1.54, 1.807) is 11.3 Å². The molecule has 1 saturated carbocycles. The number of nitrogens with one attached hydrogen (secondary N) is 2. The highest BCUT2D eigenvalue weighted by Gasteiger charge is 2.35. The zero-order valence-corrected chi connectivity index (χ0v) is 13.7. The van der Waals surface area contributed by atoms with Crippen molar-refractivity contribution in [1.82, 2.24) is 15.6 Å². The maximum Gasteiger partial charge on any atom is 0.315 e. The minimum absolute atomic E-state index is 0.00411. The first-order chi connectivity index (χ1) is 10.0. The number of carbonyl (C=O) groups excluding carboxylic acids is 1. The van der Waals surface area contributed by atoms with E-state index in [4.69, 9.17) is 0 Å². The second-order valence-corrected chi connectivity index (χ2v) is 6.84. The summed E-state index contributed by atoms with van der Waals surface area (Å²) in [5, 5.41) is 18.7. The predicted octanol–water partition coefficient (Wildman–Crippen LogP) is 2.61. The number of hydrogen-bond acceptors (Lipinski definition) is 4. The van der Waals surface area contributed by atoms with Crippen molar-refractivity contribution in [1.29, 1.82) is 0 Å². The molecular weight excluding hydrogens is 286 g/mol. The Hall–Kier alpha value is -1.14. The van der Waals surface area contributed by atoms with Crippen LogP contribution in [0.2, 0.25) is 0 Å². The summed E-state index contributed by atoms with van der Waals surface area (Å²) < 4.78 is 0. The molecule has 3 atom stereocenters. The van der Waals surface area contributed by atoms with Crippen LogP contribution < -0.4 is 10.6 Å². The normalized spacial score (nSPS) is 18.9. The summed E-state index contributed by atoms with van der Waals surface area (Å²) in [4.78, 5) is 16.5. The molecular formula is C15H25N3O2S. The highest BCUT2D eigenvalue weighted by atomic mass is 32.1. The summed E-state index contributed by atoms with van der Waals surface area (Å²) in [5.74, 6) is 0.687. The number of aliphatic hydroxyl groups excluding tert-OH is 1. The molecule has 2 rings (SSSR count). The van der Waals surface area contributed by atoms with Crippen LogP contribution in [0.15, 0.2) is 5.38 Å². The minimum Gasteiger partial charge on any atom is -0.391 e. The zero-order chi connectivity index (χ0) is 15.4. The highest BCUT2D eigenvalue weighted by molar-refractivity contribution is 7.09. The fourth-order valence-electron chi connectivity index (χ4n) is 2.19. The Bertz CT molecular complexity index is 473. The third kappa shape index (κ3) is 4.68. The summed E-state index contributed by atoms with van der Waals surface area (Å²) in [6, 6.07) is -0.216. The van der Waals surface area contributed by atoms with Crippen molar-refractivity contribution in [3.05, 3.63) is 16.1 Å². The average Bonchev–Trinajstić information content (AvgIpc) is 3.22. The minimum atomic E-state index is -0.498. The Morgan fingerprint density at radius 3 is 2.81 bits per heavy atom. The molecule has 3 N–H and O–H groups in total. The smallest absolute Gasteiger partial charge is 0.315 e. The highest BCUT2D eigenvalue weighted by Crippen LogP contribution is 2.41. The maximum absolute atomic E-state index is 12.0. The Morgan fingerprint density at radius 2 is 2.29 bits per heavy atom. The largest absolute Gasteiger partial charge is 0.391 e. The van der Waals surface area contributed by atoms with Gasteiger partial charge in [0.1, 0.15) is 5.01 Å². The van der Waals surface area contributed by atoms with Gasteiger partial charge < -0.3 is 15.7 Å². The fourth-order valence-corrected chi connectivity index (χ4v) is 3.13. The molecule has 118 valence electrons. The van der Waals surface area contributed by atoms with Gasteiger partial charge in [-0.3, -0.25) is 0 Å². The van der Waals surface area contributed by atoms with Gasteiger partial charge in [0.05, 0.1) is 12.1 Å². The van der Waals surface area contributed by atoms with Gasteiger partial charge >= 0.3 is 6.03 Å². The molecule has 1 heterocycles. The van der Waals surface area contributed by atoms with Crippen molar-refractivity contribution < 1.29 is 9.90 Å². The van der Waals surface area contributed by atoms with E-state index in [2.05, 4.69) is 15.6 Å². The van der Waals surface area contributed by atoms with Gasteiger partial charge in [0, 0.05) is 17.6 Å². The average molecular weight is 311 g/mol. The molecule has 2 amide bonds. The molecule has 1 aromatic rings. The Labute approximate surface area is 130 Å². The molecule has 3 unspecified atom stereocenters. The first kappa shape index (κ1) is 16.2. The van der Waals surface area contributed by atoms with Crippen LogP contribution in [0.5, 0.6) is 0 Å². The second-order valence-electron chi connectivity index (χ2n) is 5.95. The first-order valence-corrected chi connectivity index (χ1v) is 8.53. The number of aromatic nitrogens is 1. The van der Waals surface area contributed by atoms with E-state index in [0.29, 0.717) is 5.92 Å². The van der Waals surface area contributed by atoms with Crippen LogP contribution in [0, 0.1) is 18.8 Å². The summed E-state index contributed by atoms with van der Waals surface area (Å²) in [5.41, 5.74) is 0.995. The molecule has 0 saturated heterocycles. The third-order valence-electron chi connectivity index (χ3n) is 4.06. The van der Waals surface area contributed by atoms with Crippen LogP contribution in [-0.2, 0) is 0 Å². The van der Waals surface area contributed by atoms with Gasteiger partial charge in [0.25, 0.3) is 0 Å². The topological polar surface area (TPSA) is 74.2 Å². The Balaban J connectivity index is 1.85. The molecule has 0 radical (unpaired) electrons. The lowest BCUT2D eigenvalue weighted by atomic mass is 10.0. The number of aliphatic hydroxyl groups is 1. The van der Waals surface area contributed by atoms with E-state index in [1.165, 1.54) is 0 Å². The van der Waals surface area contributed by atoms with Gasteiger partial charge in [0.15, 0.2) is 0 Å². The van der Waals surface area contributed by atoms with Crippen LogP contribution in [0.3, 0.4) is 0 Å². The number of carbonyl (C=O) groups is 1. The Kier molecular flexibility index (Phi) is 5.58. The van der Waals surface area contributed by atoms with Crippen molar-refractivity contribution in [3.8, 4) is 0 Å². The van der Waals surface area contributed by atoms with Crippen LogP contribution in [0.4, 0.5) is 4.79 Å². The van der Waals surface area contributed by atoms with E-state index in [1.807, 2.05) is 26.2 Å². The van der Waals surface area contributed by atoms with Crippen molar-refractivity contribution in [2.45, 2.75) is 52.2 Å². The number of rotatable bonds is 7. The lowest BCUT2D eigenvalue weighted by molar-refractivity contribution is 0.114. The molecule has 1 fully saturated rings. The number of hydrogen-bond donors (Lipinski definition) is 3. The van der Waals surface area contributed by atoms with Gasteiger partial charge in [-0.1, -0.05) is 20.3 Å². The molecule has 0 aromatic carbocycles. The van der Waals surface area contributed by atoms with E-state index in [9.17, 15) is 9.90 Å². The quantitative estimate of drug-likeness (QED) is 0.724. The third-order valence-corrected chi connectivity index (χ3v) is 5.10. The molecule has 0 aliphatic heterocycles. The van der Waals surface area contributed by atoms with Crippen molar-refractivity contribution in [2.24, 2.45) is 11.8 Å². The van der Waals surface area contributed by atoms with Crippen molar-refractivity contribution in [3.63, 3.8) is 0 Å². The van der Waals surface area contributed by atoms with E-state index >= 15 is 0 Å². The molecule has 1 aliphatic carbocycles. The number of aryl methyl sites for hydroxylation is 1. The monoisotopic (exact) mass is 311 g/mol. The maximum atomic E-state index is 12.0. The lowest BCUT2D eigenvalue weighted by Gasteiger charge is -2.20. The second kappa shape index (κ2) is 7.22. The number of amides is 2.